The SMILES string of the molecule is CCOC(=O)N1CCC(=NNC(=O)c2sc(-c3ccc(OC)cc3)cc2N)CC1. The number of hydrogen-bond acceptors (Lipinski definition) is 7. The summed E-state index contributed by atoms with van der Waals surface area (Å²) in [6.45, 7) is 3.18. The molecule has 1 aliphatic heterocycles. The Morgan fingerprint density at radius 2 is 1.93 bits per heavy atom. The molecule has 0 bridgehead atoms. The van der Waals surface area contributed by atoms with Crippen LogP contribution < -0.4 is 15.9 Å². The third-order valence-electron chi connectivity index (χ3n) is 4.52. The van der Waals surface area contributed by atoms with Crippen molar-refractivity contribution in [1.82, 2.24) is 10.3 Å². The van der Waals surface area contributed by atoms with E-state index in [1.807, 2.05) is 24.3 Å². The molecule has 2 aromatic rings. The lowest BCUT2D eigenvalue weighted by Gasteiger charge is -2.26. The number of nitrogen functional groups attached to an aromatic ring is 1. The zero-order valence-electron chi connectivity index (χ0n) is 16.4. The predicted molar refractivity (Wildman–Crippen MR) is 113 cm³/mol. The van der Waals surface area contributed by atoms with Gasteiger partial charge in [-0.05, 0) is 42.8 Å². The van der Waals surface area contributed by atoms with E-state index < -0.39 is 0 Å². The van der Waals surface area contributed by atoms with Crippen LogP contribution >= 0.6 is 11.3 Å². The van der Waals surface area contributed by atoms with Crippen molar-refractivity contribution in [3.05, 3.63) is 35.2 Å². The van der Waals surface area contributed by atoms with E-state index in [1.165, 1.54) is 11.3 Å². The average molecular weight is 417 g/mol. The van der Waals surface area contributed by atoms with Crippen LogP contribution in [0.15, 0.2) is 35.4 Å². The zero-order valence-corrected chi connectivity index (χ0v) is 17.3. The number of nitrogens with two attached hydrogens (primary N) is 1. The number of thiophene rings is 1. The van der Waals surface area contributed by atoms with Crippen LogP contribution in [0.4, 0.5) is 10.5 Å². The second kappa shape index (κ2) is 9.42. The van der Waals surface area contributed by atoms with Gasteiger partial charge in [0.25, 0.3) is 5.91 Å². The Labute approximate surface area is 173 Å². The van der Waals surface area contributed by atoms with Crippen molar-refractivity contribution in [2.75, 3.05) is 32.5 Å². The summed E-state index contributed by atoms with van der Waals surface area (Å²) in [4.78, 5) is 27.2. The maximum atomic E-state index is 12.5. The van der Waals surface area contributed by atoms with Gasteiger partial charge in [-0.3, -0.25) is 4.79 Å². The lowest BCUT2D eigenvalue weighted by Crippen LogP contribution is -2.39. The third-order valence-corrected chi connectivity index (χ3v) is 5.72. The van der Waals surface area contributed by atoms with Crippen molar-refractivity contribution in [1.29, 1.82) is 0 Å². The summed E-state index contributed by atoms with van der Waals surface area (Å²) >= 11 is 1.31. The topological polar surface area (TPSA) is 106 Å². The molecule has 0 unspecified atom stereocenters. The summed E-state index contributed by atoms with van der Waals surface area (Å²) in [7, 11) is 1.61. The second-order valence-electron chi connectivity index (χ2n) is 6.43. The van der Waals surface area contributed by atoms with Crippen LogP contribution in [0.25, 0.3) is 10.4 Å². The number of carbonyl (C=O) groups excluding carboxylic acids is 2. The molecule has 1 aromatic carbocycles. The van der Waals surface area contributed by atoms with Crippen molar-refractivity contribution in [3.8, 4) is 16.2 Å². The molecular weight excluding hydrogens is 392 g/mol. The Kier molecular flexibility index (Phi) is 6.71. The fourth-order valence-electron chi connectivity index (χ4n) is 2.93. The number of rotatable bonds is 5. The van der Waals surface area contributed by atoms with E-state index in [9.17, 15) is 9.59 Å². The first-order chi connectivity index (χ1) is 14.0. The van der Waals surface area contributed by atoms with Gasteiger partial charge in [-0.1, -0.05) is 0 Å². The molecule has 0 aliphatic carbocycles. The number of hydrazone groups is 1. The van der Waals surface area contributed by atoms with Gasteiger partial charge in [0.2, 0.25) is 0 Å². The van der Waals surface area contributed by atoms with E-state index in [1.54, 1.807) is 25.0 Å². The van der Waals surface area contributed by atoms with Crippen LogP contribution in [0, 0.1) is 0 Å². The standard InChI is InChI=1S/C20H24N4O4S/c1-3-28-20(26)24-10-8-14(9-11-24)22-23-19(25)18-16(21)12-17(29-18)13-4-6-15(27-2)7-5-13/h4-7,12H,3,8-11,21H2,1-2H3,(H,23,25). The molecule has 1 saturated heterocycles. The molecular formula is C20H24N4O4S. The molecule has 8 nitrogen and oxygen atoms in total. The number of amides is 2. The fraction of sp³-hybridized carbons (Fsp3) is 0.350. The molecule has 29 heavy (non-hydrogen) atoms. The number of ether oxygens (including phenoxy) is 2. The van der Waals surface area contributed by atoms with Gasteiger partial charge in [0.05, 0.1) is 19.4 Å². The van der Waals surface area contributed by atoms with Gasteiger partial charge >= 0.3 is 6.09 Å². The van der Waals surface area contributed by atoms with Crippen LogP contribution in [0.5, 0.6) is 5.75 Å². The number of anilines is 1. The monoisotopic (exact) mass is 416 g/mol. The maximum absolute atomic E-state index is 12.5. The molecule has 1 aromatic heterocycles. The number of carbonyl (C=O) groups is 2. The largest absolute Gasteiger partial charge is 0.497 e. The smallest absolute Gasteiger partial charge is 0.409 e. The number of nitrogens with one attached hydrogen (secondary N) is 1. The Bertz CT molecular complexity index is 898. The second-order valence-corrected chi connectivity index (χ2v) is 7.48. The summed E-state index contributed by atoms with van der Waals surface area (Å²) in [5.74, 6) is 0.425. The molecule has 1 fully saturated rings. The van der Waals surface area contributed by atoms with Gasteiger partial charge < -0.3 is 20.1 Å². The molecule has 0 radical (unpaired) electrons. The summed E-state index contributed by atoms with van der Waals surface area (Å²) in [6.07, 6.45) is 0.875. The van der Waals surface area contributed by atoms with E-state index >= 15 is 0 Å². The minimum atomic E-state index is -0.340. The van der Waals surface area contributed by atoms with E-state index in [0.29, 0.717) is 43.1 Å². The van der Waals surface area contributed by atoms with Gasteiger partial charge in [0.1, 0.15) is 10.6 Å². The van der Waals surface area contributed by atoms with Crippen LogP contribution in [0.3, 0.4) is 0 Å². The first kappa shape index (κ1) is 20.7. The first-order valence-corrected chi connectivity index (χ1v) is 10.1. The van der Waals surface area contributed by atoms with Crippen molar-refractivity contribution >= 4 is 34.7 Å². The predicted octanol–water partition coefficient (Wildman–Crippen LogP) is 3.34. The van der Waals surface area contributed by atoms with Gasteiger partial charge in [0.15, 0.2) is 0 Å². The number of benzene rings is 1. The summed E-state index contributed by atoms with van der Waals surface area (Å²) in [5.41, 5.74) is 10.8. The average Bonchev–Trinajstić information content (AvgIpc) is 3.14. The molecule has 2 amide bonds. The Balaban J connectivity index is 1.60. The Morgan fingerprint density at radius 3 is 2.55 bits per heavy atom. The lowest BCUT2D eigenvalue weighted by atomic mass is 10.1. The van der Waals surface area contributed by atoms with Gasteiger partial charge in [-0.15, -0.1) is 11.3 Å². The molecule has 0 atom stereocenters. The molecule has 3 rings (SSSR count). The normalized spacial score (nSPS) is 13.7. The molecule has 2 heterocycles. The highest BCUT2D eigenvalue weighted by Crippen LogP contribution is 2.34. The number of hydrogen-bond donors (Lipinski definition) is 2. The van der Waals surface area contributed by atoms with Gasteiger partial charge in [-0.25, -0.2) is 10.2 Å². The van der Waals surface area contributed by atoms with E-state index in [2.05, 4.69) is 10.5 Å². The highest BCUT2D eigenvalue weighted by Gasteiger charge is 2.21. The van der Waals surface area contributed by atoms with Gasteiger partial charge in [-0.2, -0.15) is 5.10 Å². The summed E-state index contributed by atoms with van der Waals surface area (Å²) in [5, 5.41) is 4.22. The van der Waals surface area contributed by atoms with Crippen molar-refractivity contribution < 1.29 is 19.1 Å². The quantitative estimate of drug-likeness (QED) is 0.727. The van der Waals surface area contributed by atoms with Crippen LogP contribution in [0.1, 0.15) is 29.4 Å². The fourth-order valence-corrected chi connectivity index (χ4v) is 3.91. The minimum Gasteiger partial charge on any atom is -0.497 e. The van der Waals surface area contributed by atoms with Crippen LogP contribution in [-0.2, 0) is 4.74 Å². The Morgan fingerprint density at radius 1 is 1.24 bits per heavy atom. The Hall–Kier alpha value is -3.07. The molecule has 0 saturated carbocycles. The summed E-state index contributed by atoms with van der Waals surface area (Å²) in [6, 6.07) is 9.35. The third kappa shape index (κ3) is 5.05. The number of piperidine rings is 1. The van der Waals surface area contributed by atoms with E-state index in [-0.39, 0.29) is 12.0 Å². The molecule has 1 aliphatic rings. The first-order valence-electron chi connectivity index (χ1n) is 9.33. The minimum absolute atomic E-state index is 0.312. The molecule has 9 heteroatoms. The van der Waals surface area contributed by atoms with Crippen LogP contribution in [-0.4, -0.2) is 49.4 Å². The molecule has 0 spiro atoms. The van der Waals surface area contributed by atoms with Crippen molar-refractivity contribution in [2.24, 2.45) is 5.10 Å². The lowest BCUT2D eigenvalue weighted by molar-refractivity contribution is 0.0956. The number of nitrogens with zero attached hydrogens (tertiary/aromatic N) is 2. The van der Waals surface area contributed by atoms with E-state index in [4.69, 9.17) is 15.2 Å². The highest BCUT2D eigenvalue weighted by atomic mass is 32.1. The van der Waals surface area contributed by atoms with Crippen LogP contribution in [0.2, 0.25) is 0 Å². The van der Waals surface area contributed by atoms with Crippen molar-refractivity contribution in [2.45, 2.75) is 19.8 Å². The summed E-state index contributed by atoms with van der Waals surface area (Å²) < 4.78 is 10.2. The number of methoxy groups -OCH3 is 1. The van der Waals surface area contributed by atoms with Crippen molar-refractivity contribution in [3.63, 3.8) is 0 Å². The van der Waals surface area contributed by atoms with Gasteiger partial charge in [0, 0.05) is 36.5 Å². The molecule has 3 N–H and O–H groups in total. The maximum Gasteiger partial charge on any atom is 0.409 e. The zero-order chi connectivity index (χ0) is 20.8. The molecule has 154 valence electrons. The highest BCUT2D eigenvalue weighted by molar-refractivity contribution is 7.18. The van der Waals surface area contributed by atoms with E-state index in [0.717, 1.165) is 21.9 Å². The number of likely N-dealkylation sites (tertiary alicyclic amines) is 1.